The molecule has 2 aromatic carbocycles. The molecule has 0 bridgehead atoms. The maximum atomic E-state index is 13.4. The lowest BCUT2D eigenvalue weighted by atomic mass is 9.97. The van der Waals surface area contributed by atoms with E-state index >= 15 is 0 Å². The van der Waals surface area contributed by atoms with E-state index in [0.717, 1.165) is 17.7 Å². The quantitative estimate of drug-likeness (QED) is 0.824. The number of hydrogen-bond donors (Lipinski definition) is 1. The van der Waals surface area contributed by atoms with Crippen LogP contribution < -0.4 is 5.32 Å². The van der Waals surface area contributed by atoms with Crippen molar-refractivity contribution >= 4 is 23.2 Å². The molecule has 0 aromatic heterocycles. The molecule has 20 heavy (non-hydrogen) atoms. The molecule has 0 amide bonds. The SMILES string of the molecule is CCNC(c1ccc(F)c(C)c1)c1cc(Cl)ccc1Cl. The predicted octanol–water partition coefficient (Wildman–Crippen LogP) is 5.14. The molecule has 0 aliphatic heterocycles. The van der Waals surface area contributed by atoms with E-state index in [2.05, 4.69) is 5.32 Å². The lowest BCUT2D eigenvalue weighted by Gasteiger charge is -2.21. The van der Waals surface area contributed by atoms with E-state index in [4.69, 9.17) is 23.2 Å². The molecule has 0 heterocycles. The van der Waals surface area contributed by atoms with Crippen molar-refractivity contribution in [2.24, 2.45) is 0 Å². The summed E-state index contributed by atoms with van der Waals surface area (Å²) in [5, 5.41) is 4.64. The maximum absolute atomic E-state index is 13.4. The van der Waals surface area contributed by atoms with Crippen LogP contribution in [0, 0.1) is 12.7 Å². The second kappa shape index (κ2) is 6.57. The van der Waals surface area contributed by atoms with Crippen molar-refractivity contribution in [1.82, 2.24) is 5.32 Å². The molecule has 2 rings (SSSR count). The first-order valence-corrected chi connectivity index (χ1v) is 7.23. The second-order valence-corrected chi connectivity index (χ2v) is 5.51. The summed E-state index contributed by atoms with van der Waals surface area (Å²) in [5.74, 6) is -0.207. The summed E-state index contributed by atoms with van der Waals surface area (Å²) < 4.78 is 13.4. The summed E-state index contributed by atoms with van der Waals surface area (Å²) in [6, 6.07) is 10.4. The molecular weight excluding hydrogens is 296 g/mol. The molecular formula is C16H16Cl2FN. The van der Waals surface area contributed by atoms with Crippen LogP contribution in [0.5, 0.6) is 0 Å². The summed E-state index contributed by atoms with van der Waals surface area (Å²) in [6.07, 6.45) is 0. The van der Waals surface area contributed by atoms with Crippen molar-refractivity contribution in [3.63, 3.8) is 0 Å². The Labute approximate surface area is 128 Å². The zero-order chi connectivity index (χ0) is 14.7. The van der Waals surface area contributed by atoms with Crippen molar-refractivity contribution in [1.29, 1.82) is 0 Å². The minimum atomic E-state index is -0.207. The molecule has 0 saturated carbocycles. The second-order valence-electron chi connectivity index (χ2n) is 4.67. The number of aryl methyl sites for hydroxylation is 1. The monoisotopic (exact) mass is 311 g/mol. The van der Waals surface area contributed by atoms with Crippen LogP contribution in [0.15, 0.2) is 36.4 Å². The van der Waals surface area contributed by atoms with Crippen LogP contribution in [0.4, 0.5) is 4.39 Å². The van der Waals surface area contributed by atoms with Gasteiger partial charge in [-0.15, -0.1) is 0 Å². The van der Waals surface area contributed by atoms with E-state index in [1.165, 1.54) is 6.07 Å². The molecule has 1 atom stereocenters. The third-order valence-electron chi connectivity index (χ3n) is 3.19. The summed E-state index contributed by atoms with van der Waals surface area (Å²) in [6.45, 7) is 4.53. The van der Waals surface area contributed by atoms with Crippen molar-refractivity contribution in [3.05, 3.63) is 69.0 Å². The molecule has 1 unspecified atom stereocenters. The zero-order valence-electron chi connectivity index (χ0n) is 11.4. The zero-order valence-corrected chi connectivity index (χ0v) is 12.9. The third kappa shape index (κ3) is 3.32. The molecule has 0 fully saturated rings. The first kappa shape index (κ1) is 15.3. The highest BCUT2D eigenvalue weighted by Gasteiger charge is 2.17. The Morgan fingerprint density at radius 2 is 1.90 bits per heavy atom. The Morgan fingerprint density at radius 3 is 2.55 bits per heavy atom. The van der Waals surface area contributed by atoms with Crippen LogP contribution in [-0.4, -0.2) is 6.54 Å². The highest BCUT2D eigenvalue weighted by Crippen LogP contribution is 2.31. The lowest BCUT2D eigenvalue weighted by molar-refractivity contribution is 0.606. The molecule has 106 valence electrons. The maximum Gasteiger partial charge on any atom is 0.126 e. The summed E-state index contributed by atoms with van der Waals surface area (Å²) in [5.41, 5.74) is 2.48. The molecule has 1 N–H and O–H groups in total. The van der Waals surface area contributed by atoms with Gasteiger partial charge in [0.2, 0.25) is 0 Å². The molecule has 1 nitrogen and oxygen atoms in total. The highest BCUT2D eigenvalue weighted by atomic mass is 35.5. The van der Waals surface area contributed by atoms with E-state index in [9.17, 15) is 4.39 Å². The predicted molar refractivity (Wildman–Crippen MR) is 83.1 cm³/mol. The van der Waals surface area contributed by atoms with Crippen LogP contribution in [-0.2, 0) is 0 Å². The number of benzene rings is 2. The Kier molecular flexibility index (Phi) is 5.03. The van der Waals surface area contributed by atoms with Crippen LogP contribution in [0.3, 0.4) is 0 Å². The molecule has 0 aliphatic carbocycles. The summed E-state index contributed by atoms with van der Waals surface area (Å²) in [4.78, 5) is 0. The minimum absolute atomic E-state index is 0.106. The fourth-order valence-electron chi connectivity index (χ4n) is 2.19. The van der Waals surface area contributed by atoms with Crippen LogP contribution in [0.1, 0.15) is 29.7 Å². The number of rotatable bonds is 4. The first-order chi connectivity index (χ1) is 9.52. The normalized spacial score (nSPS) is 12.4. The molecule has 0 radical (unpaired) electrons. The Morgan fingerprint density at radius 1 is 1.15 bits per heavy atom. The van der Waals surface area contributed by atoms with E-state index in [1.54, 1.807) is 25.1 Å². The van der Waals surface area contributed by atoms with Gasteiger partial charge in [0.15, 0.2) is 0 Å². The fraction of sp³-hybridized carbons (Fsp3) is 0.250. The van der Waals surface area contributed by atoms with Gasteiger partial charge in [0, 0.05) is 10.0 Å². The van der Waals surface area contributed by atoms with Gasteiger partial charge in [-0.05, 0) is 54.4 Å². The van der Waals surface area contributed by atoms with E-state index in [1.807, 2.05) is 19.1 Å². The van der Waals surface area contributed by atoms with Crippen molar-refractivity contribution in [3.8, 4) is 0 Å². The average Bonchev–Trinajstić information content (AvgIpc) is 2.42. The Balaban J connectivity index is 2.49. The smallest absolute Gasteiger partial charge is 0.126 e. The molecule has 4 heteroatoms. The summed E-state index contributed by atoms with van der Waals surface area (Å²) >= 11 is 12.3. The standard InChI is InChI=1S/C16H16Cl2FN/c1-3-20-16(11-4-7-15(19)10(2)8-11)13-9-12(17)5-6-14(13)18/h4-9,16,20H,3H2,1-2H3. The van der Waals surface area contributed by atoms with Gasteiger partial charge in [-0.25, -0.2) is 4.39 Å². The Hall–Kier alpha value is -1.09. The summed E-state index contributed by atoms with van der Waals surface area (Å²) in [7, 11) is 0. The number of hydrogen-bond acceptors (Lipinski definition) is 1. The van der Waals surface area contributed by atoms with Gasteiger partial charge < -0.3 is 5.32 Å². The van der Waals surface area contributed by atoms with Crippen LogP contribution in [0.25, 0.3) is 0 Å². The topological polar surface area (TPSA) is 12.0 Å². The van der Waals surface area contributed by atoms with Crippen molar-refractivity contribution in [2.45, 2.75) is 19.9 Å². The third-order valence-corrected chi connectivity index (χ3v) is 3.77. The first-order valence-electron chi connectivity index (χ1n) is 6.47. The van der Waals surface area contributed by atoms with Crippen LogP contribution in [0.2, 0.25) is 10.0 Å². The van der Waals surface area contributed by atoms with Gasteiger partial charge in [-0.1, -0.05) is 42.3 Å². The van der Waals surface area contributed by atoms with Gasteiger partial charge in [0.05, 0.1) is 6.04 Å². The number of halogens is 3. The van der Waals surface area contributed by atoms with E-state index < -0.39 is 0 Å². The fourth-order valence-corrected chi connectivity index (χ4v) is 2.60. The Bertz CT molecular complexity index is 613. The lowest BCUT2D eigenvalue weighted by Crippen LogP contribution is -2.22. The largest absolute Gasteiger partial charge is 0.306 e. The average molecular weight is 312 g/mol. The van der Waals surface area contributed by atoms with Gasteiger partial charge in [-0.2, -0.15) is 0 Å². The minimum Gasteiger partial charge on any atom is -0.306 e. The van der Waals surface area contributed by atoms with Gasteiger partial charge >= 0.3 is 0 Å². The molecule has 0 spiro atoms. The van der Waals surface area contributed by atoms with E-state index in [0.29, 0.717) is 15.6 Å². The number of nitrogens with one attached hydrogen (secondary N) is 1. The van der Waals surface area contributed by atoms with Crippen molar-refractivity contribution < 1.29 is 4.39 Å². The molecule has 0 aliphatic rings. The van der Waals surface area contributed by atoms with Crippen LogP contribution >= 0.6 is 23.2 Å². The molecule has 0 saturated heterocycles. The van der Waals surface area contributed by atoms with E-state index in [-0.39, 0.29) is 11.9 Å². The van der Waals surface area contributed by atoms with Gasteiger partial charge in [0.1, 0.15) is 5.82 Å². The van der Waals surface area contributed by atoms with Crippen molar-refractivity contribution in [2.75, 3.05) is 6.54 Å². The highest BCUT2D eigenvalue weighted by molar-refractivity contribution is 6.33. The van der Waals surface area contributed by atoms with Gasteiger partial charge in [-0.3, -0.25) is 0 Å². The molecule has 2 aromatic rings. The van der Waals surface area contributed by atoms with Gasteiger partial charge in [0.25, 0.3) is 0 Å².